The van der Waals surface area contributed by atoms with Crippen molar-refractivity contribution in [1.82, 2.24) is 0 Å². The Morgan fingerprint density at radius 2 is 1.10 bits per heavy atom. The van der Waals surface area contributed by atoms with Crippen LogP contribution in [0.5, 0.6) is 0 Å². The van der Waals surface area contributed by atoms with Gasteiger partial charge in [-0.15, -0.1) is 0 Å². The lowest BCUT2D eigenvalue weighted by Crippen LogP contribution is -2.49. The predicted octanol–water partition coefficient (Wildman–Crippen LogP) is 2.85. The third-order valence-electron chi connectivity index (χ3n) is 2.93. The van der Waals surface area contributed by atoms with Crippen LogP contribution in [0, 0.1) is 0 Å². The zero-order valence-corrected chi connectivity index (χ0v) is 14.7. The molecule has 1 fully saturated rings. The molecule has 1 saturated carbocycles. The summed E-state index contributed by atoms with van der Waals surface area (Å²) in [6.07, 6.45) is 6.66. The van der Waals surface area contributed by atoms with E-state index in [1.807, 2.05) is 27.7 Å². The van der Waals surface area contributed by atoms with Crippen molar-refractivity contribution in [3.05, 3.63) is 0 Å². The van der Waals surface area contributed by atoms with Crippen molar-refractivity contribution >= 4 is 9.05 Å². The molecule has 122 valence electrons. The zero-order chi connectivity index (χ0) is 15.3. The summed E-state index contributed by atoms with van der Waals surface area (Å²) in [6.45, 7) is 9.80. The van der Waals surface area contributed by atoms with Gasteiger partial charge < -0.3 is 23.4 Å². The molecule has 0 bridgehead atoms. The molecule has 0 heterocycles. The van der Waals surface area contributed by atoms with E-state index in [1.54, 1.807) is 0 Å². The number of nitrogens with two attached hydrogens (primary N) is 1. The normalized spacial score (nSPS) is 16.6. The Hall–Kier alpha value is 0.0169. The van der Waals surface area contributed by atoms with Crippen LogP contribution in [0.2, 0.25) is 0 Å². The molecule has 1 aliphatic rings. The van der Waals surface area contributed by atoms with Crippen LogP contribution in [0.25, 0.3) is 0 Å². The second-order valence-electron chi connectivity index (χ2n) is 4.63. The minimum atomic E-state index is -2.80. The molecule has 0 saturated heterocycles. The summed E-state index contributed by atoms with van der Waals surface area (Å²) in [5.74, 6) is 0. The van der Waals surface area contributed by atoms with Gasteiger partial charge in [0.25, 0.3) is 0 Å². The first-order chi connectivity index (χ1) is 9.64. The van der Waals surface area contributed by atoms with E-state index in [0.29, 0.717) is 32.5 Å². The number of hydrogen-bond acceptors (Lipinski definition) is 5. The van der Waals surface area contributed by atoms with Gasteiger partial charge in [-0.2, -0.15) is 0 Å². The van der Waals surface area contributed by atoms with Crippen molar-refractivity contribution in [1.29, 1.82) is 0 Å². The molecule has 20 heavy (non-hydrogen) atoms. The van der Waals surface area contributed by atoms with E-state index in [1.165, 1.54) is 32.1 Å². The van der Waals surface area contributed by atoms with E-state index in [-0.39, 0.29) is 0 Å². The third kappa shape index (κ3) is 9.04. The third-order valence-corrected chi connectivity index (χ3v) is 5.50. The lowest BCUT2D eigenvalue weighted by molar-refractivity contribution is -0.0247. The highest BCUT2D eigenvalue weighted by molar-refractivity contribution is 6.53. The van der Waals surface area contributed by atoms with Gasteiger partial charge in [-0.05, 0) is 40.5 Å². The highest BCUT2D eigenvalue weighted by Gasteiger charge is 2.44. The van der Waals surface area contributed by atoms with Crippen LogP contribution in [-0.2, 0) is 17.7 Å². The summed E-state index contributed by atoms with van der Waals surface area (Å²) in [7, 11) is -2.80. The average molecular weight is 308 g/mol. The second-order valence-corrected chi connectivity index (χ2v) is 6.78. The first-order valence-electron chi connectivity index (χ1n) is 7.95. The lowest BCUT2D eigenvalue weighted by Gasteiger charge is -2.26. The predicted molar refractivity (Wildman–Crippen MR) is 83.3 cm³/mol. The molecule has 0 aromatic rings. The quantitative estimate of drug-likeness (QED) is 0.699. The van der Waals surface area contributed by atoms with Gasteiger partial charge >= 0.3 is 9.05 Å². The number of rotatable bonds is 8. The summed E-state index contributed by atoms with van der Waals surface area (Å²) >= 11 is 0. The summed E-state index contributed by atoms with van der Waals surface area (Å²) in [5.41, 5.74) is 5.63. The minimum absolute atomic E-state index is 0.536. The van der Waals surface area contributed by atoms with Crippen LogP contribution in [0.3, 0.4) is 0 Å². The molecular formula is C14H33NO4Si. The lowest BCUT2D eigenvalue weighted by atomic mass is 9.97. The van der Waals surface area contributed by atoms with E-state index < -0.39 is 9.05 Å². The van der Waals surface area contributed by atoms with Crippen molar-refractivity contribution in [3.8, 4) is 0 Å². The molecule has 1 rings (SSSR count). The van der Waals surface area contributed by atoms with Gasteiger partial charge in [0.15, 0.2) is 0 Å². The molecule has 2 N–H and O–H groups in total. The fraction of sp³-hybridized carbons (Fsp3) is 1.00. The molecule has 0 unspecified atom stereocenters. The van der Waals surface area contributed by atoms with Gasteiger partial charge in [0.1, 0.15) is 0 Å². The SMILES string of the molecule is CCO[Si](OCC)(OCC)OCC.NC1CCCCC1. The molecule has 0 aromatic heterocycles. The van der Waals surface area contributed by atoms with Crippen LogP contribution in [0.4, 0.5) is 0 Å². The highest BCUT2D eigenvalue weighted by Crippen LogP contribution is 2.14. The molecule has 5 nitrogen and oxygen atoms in total. The van der Waals surface area contributed by atoms with Gasteiger partial charge in [0.05, 0.1) is 0 Å². The fourth-order valence-corrected chi connectivity index (χ4v) is 4.01. The molecule has 0 spiro atoms. The van der Waals surface area contributed by atoms with E-state index in [4.69, 9.17) is 23.4 Å². The van der Waals surface area contributed by atoms with Crippen molar-refractivity contribution < 1.29 is 17.7 Å². The molecular weight excluding hydrogens is 274 g/mol. The highest BCUT2D eigenvalue weighted by atomic mass is 28.4. The van der Waals surface area contributed by atoms with Gasteiger partial charge in [0.2, 0.25) is 0 Å². The van der Waals surface area contributed by atoms with Crippen LogP contribution in [0.1, 0.15) is 59.8 Å². The summed E-state index contributed by atoms with van der Waals surface area (Å²) in [6, 6.07) is 0.536. The van der Waals surface area contributed by atoms with E-state index in [0.717, 1.165) is 0 Å². The standard InChI is InChI=1S/C8H20O4Si.C6H13N/c1-5-9-13(10-6-2,11-7-3)12-8-4;7-6-4-2-1-3-5-6/h5-8H2,1-4H3;6H,1-5,7H2. The van der Waals surface area contributed by atoms with Gasteiger partial charge in [-0.25, -0.2) is 0 Å². The maximum atomic E-state index is 5.63. The monoisotopic (exact) mass is 307 g/mol. The number of hydrogen-bond donors (Lipinski definition) is 1. The Kier molecular flexibility index (Phi) is 12.7. The van der Waals surface area contributed by atoms with E-state index >= 15 is 0 Å². The Morgan fingerprint density at radius 1 is 0.750 bits per heavy atom. The van der Waals surface area contributed by atoms with Crippen molar-refractivity contribution in [2.75, 3.05) is 26.4 Å². The summed E-state index contributed by atoms with van der Waals surface area (Å²) in [5, 5.41) is 0. The van der Waals surface area contributed by atoms with E-state index in [9.17, 15) is 0 Å². The second kappa shape index (κ2) is 12.7. The summed E-state index contributed by atoms with van der Waals surface area (Å²) in [4.78, 5) is 0. The minimum Gasteiger partial charge on any atom is -0.351 e. The molecule has 6 heteroatoms. The smallest absolute Gasteiger partial charge is 0.351 e. The zero-order valence-electron chi connectivity index (χ0n) is 13.7. The molecule has 0 atom stereocenters. The van der Waals surface area contributed by atoms with Crippen LogP contribution in [-0.4, -0.2) is 41.5 Å². The molecule has 0 aliphatic heterocycles. The van der Waals surface area contributed by atoms with Crippen molar-refractivity contribution in [2.45, 2.75) is 65.8 Å². The maximum absolute atomic E-state index is 5.63. The van der Waals surface area contributed by atoms with Gasteiger partial charge in [-0.3, -0.25) is 0 Å². The Labute approximate surface area is 125 Å². The fourth-order valence-electron chi connectivity index (χ4n) is 2.09. The van der Waals surface area contributed by atoms with E-state index in [2.05, 4.69) is 0 Å². The van der Waals surface area contributed by atoms with Crippen LogP contribution >= 0.6 is 0 Å². The molecule has 0 amide bonds. The van der Waals surface area contributed by atoms with Gasteiger partial charge in [-0.1, -0.05) is 19.3 Å². The van der Waals surface area contributed by atoms with Crippen molar-refractivity contribution in [3.63, 3.8) is 0 Å². The Balaban J connectivity index is 0.000000428. The average Bonchev–Trinajstić information content (AvgIpc) is 2.41. The first-order valence-corrected chi connectivity index (χ1v) is 9.58. The first kappa shape index (κ1) is 20.0. The molecule has 0 aromatic carbocycles. The Bertz CT molecular complexity index is 184. The molecule has 0 radical (unpaired) electrons. The Morgan fingerprint density at radius 3 is 1.30 bits per heavy atom. The van der Waals surface area contributed by atoms with Gasteiger partial charge in [0, 0.05) is 32.5 Å². The van der Waals surface area contributed by atoms with Crippen LogP contribution < -0.4 is 5.73 Å². The maximum Gasteiger partial charge on any atom is 0.679 e. The largest absolute Gasteiger partial charge is 0.679 e. The molecule has 1 aliphatic carbocycles. The topological polar surface area (TPSA) is 62.9 Å². The van der Waals surface area contributed by atoms with Crippen LogP contribution in [0.15, 0.2) is 0 Å². The summed E-state index contributed by atoms with van der Waals surface area (Å²) < 4.78 is 21.7. The van der Waals surface area contributed by atoms with Crippen molar-refractivity contribution in [2.24, 2.45) is 5.73 Å².